The van der Waals surface area contributed by atoms with Crippen molar-refractivity contribution in [3.63, 3.8) is 0 Å². The van der Waals surface area contributed by atoms with Crippen LogP contribution >= 0.6 is 0 Å². The summed E-state index contributed by atoms with van der Waals surface area (Å²) in [6, 6.07) is 4.90. The molecule has 1 amide bonds. The van der Waals surface area contributed by atoms with Gasteiger partial charge in [-0.1, -0.05) is 0 Å². The third kappa shape index (κ3) is 4.68. The van der Waals surface area contributed by atoms with E-state index in [0.29, 0.717) is 11.9 Å². The molecule has 0 saturated heterocycles. The van der Waals surface area contributed by atoms with E-state index < -0.39 is 29.4 Å². The number of amides is 1. The van der Waals surface area contributed by atoms with Crippen LogP contribution in [0.1, 0.15) is 27.2 Å². The van der Waals surface area contributed by atoms with Crippen molar-refractivity contribution in [3.05, 3.63) is 65.1 Å². The number of aromatic nitrogens is 3. The summed E-state index contributed by atoms with van der Waals surface area (Å²) >= 11 is 0. The van der Waals surface area contributed by atoms with Crippen LogP contribution in [0.15, 0.2) is 42.7 Å². The molecule has 0 unspecified atom stereocenters. The van der Waals surface area contributed by atoms with Crippen LogP contribution in [0, 0.1) is 6.92 Å². The quantitative estimate of drug-likeness (QED) is 0.565. The Morgan fingerprint density at radius 2 is 1.59 bits per heavy atom. The highest BCUT2D eigenvalue weighted by Crippen LogP contribution is 2.35. The number of alkyl halides is 6. The number of halogens is 6. The van der Waals surface area contributed by atoms with E-state index in [2.05, 4.69) is 15.4 Å². The Bertz CT molecular complexity index is 1130. The molecule has 2 heterocycles. The highest BCUT2D eigenvalue weighted by molar-refractivity contribution is 6.06. The second-order valence-corrected chi connectivity index (χ2v) is 7.04. The van der Waals surface area contributed by atoms with Gasteiger partial charge in [-0.2, -0.15) is 31.4 Å². The van der Waals surface area contributed by atoms with Crippen LogP contribution in [0.5, 0.6) is 0 Å². The molecule has 0 aliphatic carbocycles. The van der Waals surface area contributed by atoms with Gasteiger partial charge in [-0.05, 0) is 37.3 Å². The van der Waals surface area contributed by atoms with Gasteiger partial charge in [-0.3, -0.25) is 4.79 Å². The van der Waals surface area contributed by atoms with Gasteiger partial charge in [0, 0.05) is 20.3 Å². The number of nitrogens with zero attached hydrogens (tertiary/aromatic N) is 4. The Morgan fingerprint density at radius 3 is 2.12 bits per heavy atom. The van der Waals surface area contributed by atoms with E-state index in [-0.39, 0.29) is 22.8 Å². The van der Waals surface area contributed by atoms with Gasteiger partial charge >= 0.3 is 12.4 Å². The van der Waals surface area contributed by atoms with Crippen LogP contribution in [0.25, 0.3) is 5.82 Å². The molecule has 6 nitrogen and oxygen atoms in total. The van der Waals surface area contributed by atoms with Gasteiger partial charge in [0.15, 0.2) is 5.82 Å². The minimum absolute atomic E-state index is 0.0221. The molecule has 0 aliphatic heterocycles. The van der Waals surface area contributed by atoms with Gasteiger partial charge < -0.3 is 10.2 Å². The van der Waals surface area contributed by atoms with Gasteiger partial charge in [0.25, 0.3) is 5.91 Å². The zero-order chi connectivity index (χ0) is 23.8. The number of rotatable bonds is 4. The molecule has 0 saturated carbocycles. The number of pyridine rings is 1. The monoisotopic (exact) mass is 457 g/mol. The Kier molecular flexibility index (Phi) is 5.90. The number of anilines is 2. The predicted octanol–water partition coefficient (Wildman–Crippen LogP) is 4.93. The number of carbonyl (C=O) groups excluding carboxylic acids is 1. The second-order valence-electron chi connectivity index (χ2n) is 7.04. The minimum atomic E-state index is -4.60. The highest BCUT2D eigenvalue weighted by atomic mass is 19.4. The Hall–Kier alpha value is -3.57. The average Bonchev–Trinajstić information content (AvgIpc) is 3.08. The first-order valence-electron chi connectivity index (χ1n) is 9.07. The van der Waals surface area contributed by atoms with Crippen LogP contribution in [0.3, 0.4) is 0 Å². The summed E-state index contributed by atoms with van der Waals surface area (Å²) in [4.78, 5) is 18.0. The van der Waals surface area contributed by atoms with Crippen LogP contribution < -0.4 is 10.2 Å². The molecule has 3 rings (SSSR count). The summed E-state index contributed by atoms with van der Waals surface area (Å²) in [7, 11) is 3.22. The lowest BCUT2D eigenvalue weighted by Gasteiger charge is -2.19. The van der Waals surface area contributed by atoms with Crippen molar-refractivity contribution in [2.45, 2.75) is 19.3 Å². The van der Waals surface area contributed by atoms with E-state index in [1.165, 1.54) is 17.9 Å². The molecule has 170 valence electrons. The lowest BCUT2D eigenvalue weighted by Crippen LogP contribution is -2.18. The third-order valence-corrected chi connectivity index (χ3v) is 4.60. The molecule has 12 heteroatoms. The van der Waals surface area contributed by atoms with Crippen LogP contribution in [-0.4, -0.2) is 34.8 Å². The summed E-state index contributed by atoms with van der Waals surface area (Å²) in [6.07, 6.45) is -7.35. The largest absolute Gasteiger partial charge is 0.417 e. The van der Waals surface area contributed by atoms with Crippen LogP contribution in [-0.2, 0) is 12.4 Å². The molecule has 0 fully saturated rings. The van der Waals surface area contributed by atoms with E-state index in [4.69, 9.17) is 0 Å². The van der Waals surface area contributed by atoms with Crippen molar-refractivity contribution >= 4 is 17.3 Å². The molecular weight excluding hydrogens is 440 g/mol. The summed E-state index contributed by atoms with van der Waals surface area (Å²) in [5.74, 6) is -0.689. The topological polar surface area (TPSA) is 63.1 Å². The Balaban J connectivity index is 1.91. The number of hydrogen-bond acceptors (Lipinski definition) is 4. The maximum Gasteiger partial charge on any atom is 0.417 e. The first kappa shape index (κ1) is 23.1. The molecule has 0 radical (unpaired) electrons. The Morgan fingerprint density at radius 1 is 0.969 bits per heavy atom. The van der Waals surface area contributed by atoms with Gasteiger partial charge in [-0.25, -0.2) is 9.67 Å². The van der Waals surface area contributed by atoms with E-state index in [0.717, 1.165) is 35.1 Å². The number of benzene rings is 1. The Labute approximate surface area is 178 Å². The van der Waals surface area contributed by atoms with E-state index in [1.807, 2.05) is 0 Å². The normalized spacial score (nSPS) is 12.0. The van der Waals surface area contributed by atoms with Gasteiger partial charge in [-0.15, -0.1) is 0 Å². The SMILES string of the molecule is Cc1c(C(=O)Nc2cc(C(F)(F)F)ccc2N(C)C)cnn1-c1ccc(C(F)(F)F)cn1. The maximum atomic E-state index is 13.1. The minimum Gasteiger partial charge on any atom is -0.376 e. The molecule has 0 spiro atoms. The van der Waals surface area contributed by atoms with E-state index >= 15 is 0 Å². The molecule has 3 aromatic rings. The molecule has 32 heavy (non-hydrogen) atoms. The zero-order valence-corrected chi connectivity index (χ0v) is 17.0. The highest BCUT2D eigenvalue weighted by Gasteiger charge is 2.32. The summed E-state index contributed by atoms with van der Waals surface area (Å²) in [6.45, 7) is 1.49. The fraction of sp³-hybridized carbons (Fsp3) is 0.250. The summed E-state index contributed by atoms with van der Waals surface area (Å²) < 4.78 is 78.6. The number of hydrogen-bond donors (Lipinski definition) is 1. The van der Waals surface area contributed by atoms with Crippen molar-refractivity contribution in [1.82, 2.24) is 14.8 Å². The van der Waals surface area contributed by atoms with E-state index in [1.54, 1.807) is 14.1 Å². The summed E-state index contributed by atoms with van der Waals surface area (Å²) in [5.41, 5.74) is -1.32. The van der Waals surface area contributed by atoms with Crippen molar-refractivity contribution in [3.8, 4) is 5.82 Å². The van der Waals surface area contributed by atoms with Crippen molar-refractivity contribution in [2.24, 2.45) is 0 Å². The summed E-state index contributed by atoms with van der Waals surface area (Å²) in [5, 5.41) is 6.43. The van der Waals surface area contributed by atoms with Gasteiger partial charge in [0.2, 0.25) is 0 Å². The van der Waals surface area contributed by atoms with Crippen molar-refractivity contribution in [2.75, 3.05) is 24.3 Å². The first-order chi connectivity index (χ1) is 14.8. The van der Waals surface area contributed by atoms with Crippen LogP contribution in [0.4, 0.5) is 37.7 Å². The molecule has 0 atom stereocenters. The number of carbonyl (C=O) groups is 1. The lowest BCUT2D eigenvalue weighted by atomic mass is 10.1. The fourth-order valence-corrected chi connectivity index (χ4v) is 2.93. The first-order valence-corrected chi connectivity index (χ1v) is 9.07. The molecule has 2 aromatic heterocycles. The van der Waals surface area contributed by atoms with Crippen LogP contribution in [0.2, 0.25) is 0 Å². The molecule has 0 aliphatic rings. The van der Waals surface area contributed by atoms with Gasteiger partial charge in [0.1, 0.15) is 0 Å². The van der Waals surface area contributed by atoms with Gasteiger partial charge in [0.05, 0.1) is 40.0 Å². The lowest BCUT2D eigenvalue weighted by molar-refractivity contribution is -0.138. The number of nitrogens with one attached hydrogen (secondary N) is 1. The fourth-order valence-electron chi connectivity index (χ4n) is 2.93. The molecule has 1 N–H and O–H groups in total. The standard InChI is InChI=1S/C20H17F6N5O/c1-11-14(10-28-31(11)17-7-5-13(9-27-17)20(24,25)26)18(32)29-15-8-12(19(21,22)23)4-6-16(15)30(2)3/h4-10H,1-3H3,(H,29,32). The third-order valence-electron chi connectivity index (χ3n) is 4.60. The molecule has 1 aromatic carbocycles. The molecular formula is C20H17F6N5O. The molecule has 0 bridgehead atoms. The predicted molar refractivity (Wildman–Crippen MR) is 105 cm³/mol. The second kappa shape index (κ2) is 8.17. The van der Waals surface area contributed by atoms with Crippen molar-refractivity contribution in [1.29, 1.82) is 0 Å². The zero-order valence-electron chi connectivity index (χ0n) is 17.0. The maximum absolute atomic E-state index is 13.1. The average molecular weight is 457 g/mol. The van der Waals surface area contributed by atoms with Crippen molar-refractivity contribution < 1.29 is 31.1 Å². The van der Waals surface area contributed by atoms with E-state index in [9.17, 15) is 31.1 Å². The smallest absolute Gasteiger partial charge is 0.376 e.